The van der Waals surface area contributed by atoms with Crippen LogP contribution >= 0.6 is 0 Å². The van der Waals surface area contributed by atoms with Gasteiger partial charge in [-0.25, -0.2) is 0 Å². The van der Waals surface area contributed by atoms with Crippen molar-refractivity contribution in [3.63, 3.8) is 0 Å². The molecule has 3 unspecified atom stereocenters. The summed E-state index contributed by atoms with van der Waals surface area (Å²) in [7, 11) is 0. The average Bonchev–Trinajstić information content (AvgIpc) is 2.16. The summed E-state index contributed by atoms with van der Waals surface area (Å²) in [5.74, 6) is -0.146. The molecule has 0 bridgehead atoms. The van der Waals surface area contributed by atoms with Crippen molar-refractivity contribution in [3.05, 3.63) is 0 Å². The van der Waals surface area contributed by atoms with E-state index in [0.29, 0.717) is 0 Å². The topological polar surface area (TPSA) is 46.5 Å². The zero-order chi connectivity index (χ0) is 10.6. The molecule has 3 nitrogen and oxygen atoms in total. The van der Waals surface area contributed by atoms with E-state index in [1.54, 1.807) is 0 Å². The van der Waals surface area contributed by atoms with Gasteiger partial charge in [-0.15, -0.1) is 0 Å². The maximum Gasteiger partial charge on any atom is 0.313 e. The van der Waals surface area contributed by atoms with Crippen LogP contribution < -0.4 is 0 Å². The molecule has 0 aromatic rings. The Morgan fingerprint density at radius 1 is 1.50 bits per heavy atom. The molecule has 0 aromatic carbocycles. The van der Waals surface area contributed by atoms with E-state index in [-0.39, 0.29) is 30.5 Å². The van der Waals surface area contributed by atoms with Crippen molar-refractivity contribution in [2.24, 2.45) is 11.8 Å². The van der Waals surface area contributed by atoms with Gasteiger partial charge in [0.15, 0.2) is 0 Å². The van der Waals surface area contributed by atoms with Crippen molar-refractivity contribution < 1.29 is 14.6 Å². The molecule has 82 valence electrons. The highest BCUT2D eigenvalue weighted by atomic mass is 16.6. The number of aliphatic hydroxyl groups excluding tert-OH is 1. The quantitative estimate of drug-likeness (QED) is 0.524. The van der Waals surface area contributed by atoms with Crippen molar-refractivity contribution in [2.45, 2.75) is 45.6 Å². The molecule has 0 saturated carbocycles. The van der Waals surface area contributed by atoms with E-state index in [1.807, 2.05) is 6.92 Å². The van der Waals surface area contributed by atoms with Gasteiger partial charge in [0.2, 0.25) is 0 Å². The molecule has 1 saturated heterocycles. The number of hydrogen-bond acceptors (Lipinski definition) is 3. The van der Waals surface area contributed by atoms with Crippen LogP contribution in [0.25, 0.3) is 0 Å². The number of ether oxygens (including phenoxy) is 1. The minimum absolute atomic E-state index is 0.0443. The second kappa shape index (κ2) is 5.35. The number of esters is 1. The van der Waals surface area contributed by atoms with E-state index in [0.717, 1.165) is 12.8 Å². The lowest BCUT2D eigenvalue weighted by atomic mass is 9.83. The normalized spacial score (nSPS) is 28.1. The average molecular weight is 200 g/mol. The third-order valence-electron chi connectivity index (χ3n) is 2.93. The fraction of sp³-hybridized carbons (Fsp3) is 0.909. The molecular formula is C11H20O3. The van der Waals surface area contributed by atoms with Crippen LogP contribution in [-0.2, 0) is 9.53 Å². The molecule has 0 radical (unpaired) electrons. The highest BCUT2D eigenvalue weighted by Gasteiger charge is 2.44. The van der Waals surface area contributed by atoms with Crippen LogP contribution in [0.5, 0.6) is 0 Å². The molecule has 3 atom stereocenters. The van der Waals surface area contributed by atoms with Crippen molar-refractivity contribution in [2.75, 3.05) is 6.61 Å². The van der Waals surface area contributed by atoms with E-state index in [4.69, 9.17) is 9.84 Å². The van der Waals surface area contributed by atoms with Gasteiger partial charge in [0.25, 0.3) is 0 Å². The fourth-order valence-corrected chi connectivity index (χ4v) is 1.93. The minimum atomic E-state index is -0.131. The molecular weight excluding hydrogens is 180 g/mol. The zero-order valence-electron chi connectivity index (χ0n) is 9.03. The number of carbonyl (C=O) groups is 1. The molecule has 3 heteroatoms. The van der Waals surface area contributed by atoms with Gasteiger partial charge in [0.1, 0.15) is 6.10 Å². The van der Waals surface area contributed by atoms with Crippen molar-refractivity contribution in [1.82, 2.24) is 0 Å². The first kappa shape index (κ1) is 11.5. The zero-order valence-corrected chi connectivity index (χ0v) is 9.03. The SMILES string of the molecule is CCCCCC1OC(=O)C1C(C)CO. The lowest BCUT2D eigenvalue weighted by molar-refractivity contribution is -0.192. The Bertz CT molecular complexity index is 191. The Labute approximate surface area is 85.5 Å². The summed E-state index contributed by atoms with van der Waals surface area (Å²) in [5.41, 5.74) is 0. The fourth-order valence-electron chi connectivity index (χ4n) is 1.93. The molecule has 0 aromatic heterocycles. The first-order chi connectivity index (χ1) is 6.70. The summed E-state index contributed by atoms with van der Waals surface area (Å²) in [6.07, 6.45) is 4.50. The van der Waals surface area contributed by atoms with Gasteiger partial charge in [-0.1, -0.05) is 26.7 Å². The summed E-state index contributed by atoms with van der Waals surface area (Å²) in [6, 6.07) is 0. The summed E-state index contributed by atoms with van der Waals surface area (Å²) in [6.45, 7) is 4.13. The van der Waals surface area contributed by atoms with E-state index >= 15 is 0 Å². The largest absolute Gasteiger partial charge is 0.461 e. The molecule has 0 spiro atoms. The summed E-state index contributed by atoms with van der Waals surface area (Å²) < 4.78 is 5.07. The summed E-state index contributed by atoms with van der Waals surface area (Å²) >= 11 is 0. The number of cyclic esters (lactones) is 1. The number of carbonyl (C=O) groups excluding carboxylic acids is 1. The van der Waals surface area contributed by atoms with Crippen LogP contribution in [0, 0.1) is 11.8 Å². The van der Waals surface area contributed by atoms with Crippen molar-refractivity contribution >= 4 is 5.97 Å². The number of unbranched alkanes of at least 4 members (excludes halogenated alkanes) is 2. The second-order valence-corrected chi connectivity index (χ2v) is 4.16. The predicted octanol–water partition coefficient (Wildman–Crippen LogP) is 1.74. The standard InChI is InChI=1S/C11H20O3/c1-3-4-5-6-9-10(8(2)7-12)11(13)14-9/h8-10,12H,3-7H2,1-2H3. The predicted molar refractivity (Wildman–Crippen MR) is 53.8 cm³/mol. The van der Waals surface area contributed by atoms with E-state index in [2.05, 4.69) is 6.92 Å². The smallest absolute Gasteiger partial charge is 0.313 e. The molecule has 1 aliphatic rings. The summed E-state index contributed by atoms with van der Waals surface area (Å²) in [5, 5.41) is 8.97. The Hall–Kier alpha value is -0.570. The first-order valence-electron chi connectivity index (χ1n) is 5.52. The van der Waals surface area contributed by atoms with E-state index in [1.165, 1.54) is 12.8 Å². The summed E-state index contributed by atoms with van der Waals surface area (Å²) in [4.78, 5) is 11.1. The van der Waals surface area contributed by atoms with Gasteiger partial charge in [0, 0.05) is 6.61 Å². The second-order valence-electron chi connectivity index (χ2n) is 4.16. The molecule has 1 heterocycles. The van der Waals surface area contributed by atoms with Gasteiger partial charge in [-0.3, -0.25) is 4.79 Å². The molecule has 1 rings (SSSR count). The lowest BCUT2D eigenvalue weighted by Gasteiger charge is -2.38. The maximum absolute atomic E-state index is 11.1. The van der Waals surface area contributed by atoms with Crippen molar-refractivity contribution in [3.8, 4) is 0 Å². The number of aliphatic hydroxyl groups is 1. The van der Waals surface area contributed by atoms with Crippen molar-refractivity contribution in [1.29, 1.82) is 0 Å². The Kier molecular flexibility index (Phi) is 4.39. The van der Waals surface area contributed by atoms with Crippen LogP contribution in [0.15, 0.2) is 0 Å². The third-order valence-corrected chi connectivity index (χ3v) is 2.93. The third kappa shape index (κ3) is 2.47. The van der Waals surface area contributed by atoms with Crippen LogP contribution in [0.4, 0.5) is 0 Å². The van der Waals surface area contributed by atoms with E-state index in [9.17, 15) is 4.79 Å². The van der Waals surface area contributed by atoms with Crippen LogP contribution in [0.3, 0.4) is 0 Å². The molecule has 1 fully saturated rings. The lowest BCUT2D eigenvalue weighted by Crippen LogP contribution is -2.49. The first-order valence-corrected chi connectivity index (χ1v) is 5.52. The monoisotopic (exact) mass is 200 g/mol. The minimum Gasteiger partial charge on any atom is -0.461 e. The molecule has 14 heavy (non-hydrogen) atoms. The Morgan fingerprint density at radius 2 is 2.21 bits per heavy atom. The molecule has 0 amide bonds. The van der Waals surface area contributed by atoms with Gasteiger partial charge in [-0.05, 0) is 18.8 Å². The molecule has 1 aliphatic heterocycles. The van der Waals surface area contributed by atoms with Gasteiger partial charge in [0.05, 0.1) is 5.92 Å². The maximum atomic E-state index is 11.1. The molecule has 1 N–H and O–H groups in total. The van der Waals surface area contributed by atoms with Crippen LogP contribution in [-0.4, -0.2) is 23.8 Å². The van der Waals surface area contributed by atoms with Gasteiger partial charge >= 0.3 is 5.97 Å². The number of rotatable bonds is 6. The Balaban J connectivity index is 2.29. The van der Waals surface area contributed by atoms with Crippen LogP contribution in [0.2, 0.25) is 0 Å². The number of hydrogen-bond donors (Lipinski definition) is 1. The van der Waals surface area contributed by atoms with Gasteiger partial charge < -0.3 is 9.84 Å². The highest BCUT2D eigenvalue weighted by molar-refractivity contribution is 5.78. The van der Waals surface area contributed by atoms with E-state index < -0.39 is 0 Å². The highest BCUT2D eigenvalue weighted by Crippen LogP contribution is 2.32. The van der Waals surface area contributed by atoms with Gasteiger partial charge in [-0.2, -0.15) is 0 Å². The molecule has 0 aliphatic carbocycles. The Morgan fingerprint density at radius 3 is 2.71 bits per heavy atom. The van der Waals surface area contributed by atoms with Crippen LogP contribution in [0.1, 0.15) is 39.5 Å².